The zero-order valence-corrected chi connectivity index (χ0v) is 8.36. The highest BCUT2D eigenvalue weighted by Gasteiger charge is 2.65. The fraction of sp³-hybridized carbons (Fsp3) is 0.600. The summed E-state index contributed by atoms with van der Waals surface area (Å²) in [5.74, 6) is -3.89. The Kier molecular flexibility index (Phi) is 1.95. The number of ketones is 2. The Bertz CT molecular complexity index is 385. The second-order valence-corrected chi connectivity index (χ2v) is 4.47. The van der Waals surface area contributed by atoms with E-state index in [-0.39, 0.29) is 12.8 Å². The summed E-state index contributed by atoms with van der Waals surface area (Å²) in [4.78, 5) is 45.4. The van der Waals surface area contributed by atoms with Gasteiger partial charge in [-0.25, -0.2) is 0 Å². The zero-order valence-electron chi connectivity index (χ0n) is 8.36. The molecule has 2 bridgehead atoms. The van der Waals surface area contributed by atoms with Gasteiger partial charge in [-0.1, -0.05) is 0 Å². The van der Waals surface area contributed by atoms with Crippen LogP contribution in [-0.4, -0.2) is 33.7 Å². The normalized spacial score (nSPS) is 37.5. The molecule has 2 atom stereocenters. The molecular formula is C10H10O6. The second-order valence-electron chi connectivity index (χ2n) is 4.47. The van der Waals surface area contributed by atoms with Crippen LogP contribution in [0.2, 0.25) is 0 Å². The van der Waals surface area contributed by atoms with Gasteiger partial charge in [-0.15, -0.1) is 0 Å². The minimum atomic E-state index is -1.66. The molecular weight excluding hydrogens is 216 g/mol. The molecule has 2 N–H and O–H groups in total. The molecule has 16 heavy (non-hydrogen) atoms. The first kappa shape index (κ1) is 10.8. The van der Waals surface area contributed by atoms with Crippen LogP contribution in [0.25, 0.3) is 0 Å². The largest absolute Gasteiger partial charge is 0.480 e. The summed E-state index contributed by atoms with van der Waals surface area (Å²) in [6.07, 6.45) is -1.07. The molecule has 0 aromatic heterocycles. The lowest BCUT2D eigenvalue weighted by atomic mass is 9.52. The predicted molar refractivity (Wildman–Crippen MR) is 48.6 cm³/mol. The van der Waals surface area contributed by atoms with Gasteiger partial charge in [0, 0.05) is 12.8 Å². The minimum Gasteiger partial charge on any atom is -0.480 e. The van der Waals surface area contributed by atoms with Crippen LogP contribution in [0.4, 0.5) is 0 Å². The van der Waals surface area contributed by atoms with Crippen molar-refractivity contribution in [2.24, 2.45) is 10.8 Å². The number of aliphatic carboxylic acids is 2. The average molecular weight is 226 g/mol. The molecule has 0 radical (unpaired) electrons. The van der Waals surface area contributed by atoms with E-state index in [0.29, 0.717) is 0 Å². The van der Waals surface area contributed by atoms with Gasteiger partial charge in [0.25, 0.3) is 0 Å². The molecule has 3 aliphatic rings. The van der Waals surface area contributed by atoms with E-state index in [0.717, 1.165) is 0 Å². The van der Waals surface area contributed by atoms with E-state index >= 15 is 0 Å². The second kappa shape index (κ2) is 2.90. The molecule has 3 fully saturated rings. The number of carboxylic acids is 2. The van der Waals surface area contributed by atoms with E-state index in [4.69, 9.17) is 10.2 Å². The van der Waals surface area contributed by atoms with Crippen molar-refractivity contribution in [3.63, 3.8) is 0 Å². The first-order valence-electron chi connectivity index (χ1n) is 4.89. The fourth-order valence-electron chi connectivity index (χ4n) is 2.57. The standard InChI is InChI=1S/C10H10O6/c11-5-4-10(8(15)16)2-1-9(5,7(13)14)3-6(10)12/h1-4H2,(H,13,14)(H,15,16)/t9-,10-/m1/s1. The lowest BCUT2D eigenvalue weighted by molar-refractivity contribution is -0.179. The van der Waals surface area contributed by atoms with Crippen LogP contribution in [0, 0.1) is 10.8 Å². The first-order valence-corrected chi connectivity index (χ1v) is 4.89. The van der Waals surface area contributed by atoms with Crippen molar-refractivity contribution in [2.75, 3.05) is 0 Å². The van der Waals surface area contributed by atoms with Crippen molar-refractivity contribution in [1.29, 1.82) is 0 Å². The summed E-state index contributed by atoms with van der Waals surface area (Å²) >= 11 is 0. The minimum absolute atomic E-state index is 0.0563. The van der Waals surface area contributed by atoms with E-state index in [1.54, 1.807) is 0 Å². The molecule has 3 aliphatic carbocycles. The summed E-state index contributed by atoms with van der Waals surface area (Å²) in [7, 11) is 0. The van der Waals surface area contributed by atoms with Gasteiger partial charge in [-0.05, 0) is 12.8 Å². The molecule has 3 rings (SSSR count). The van der Waals surface area contributed by atoms with E-state index in [2.05, 4.69) is 0 Å². The van der Waals surface area contributed by atoms with Gasteiger partial charge in [-0.3, -0.25) is 19.2 Å². The average Bonchev–Trinajstić information content (AvgIpc) is 2.19. The van der Waals surface area contributed by atoms with Crippen LogP contribution in [0.5, 0.6) is 0 Å². The highest BCUT2D eigenvalue weighted by molar-refractivity contribution is 6.18. The molecule has 86 valence electrons. The number of fused-ring (bicyclic) bond motifs is 3. The molecule has 3 saturated carbocycles. The Morgan fingerprint density at radius 2 is 1.19 bits per heavy atom. The van der Waals surface area contributed by atoms with Crippen molar-refractivity contribution in [3.8, 4) is 0 Å². The maximum Gasteiger partial charge on any atom is 0.317 e. The van der Waals surface area contributed by atoms with Gasteiger partial charge in [0.2, 0.25) is 0 Å². The molecule has 0 saturated heterocycles. The van der Waals surface area contributed by atoms with E-state index in [1.165, 1.54) is 0 Å². The maximum absolute atomic E-state index is 11.7. The van der Waals surface area contributed by atoms with Crippen LogP contribution in [-0.2, 0) is 19.2 Å². The monoisotopic (exact) mass is 226 g/mol. The smallest absolute Gasteiger partial charge is 0.317 e. The summed E-state index contributed by atoms with van der Waals surface area (Å²) in [6, 6.07) is 0. The van der Waals surface area contributed by atoms with Gasteiger partial charge in [0.15, 0.2) is 11.6 Å². The predicted octanol–water partition coefficient (Wildman–Crippen LogP) is -0.146. The third-order valence-corrected chi connectivity index (χ3v) is 3.79. The number of carbonyl (C=O) groups excluding carboxylic acids is 2. The SMILES string of the molecule is O=C(O)[C@@]12CC[C@@](C(=O)O)(CC1=O)C(=O)C2. The third kappa shape index (κ3) is 1.01. The fourth-order valence-corrected chi connectivity index (χ4v) is 2.57. The molecule has 6 nitrogen and oxygen atoms in total. The number of hydrogen-bond donors (Lipinski definition) is 2. The van der Waals surface area contributed by atoms with Crippen molar-refractivity contribution < 1.29 is 29.4 Å². The Morgan fingerprint density at radius 1 is 0.875 bits per heavy atom. The number of rotatable bonds is 2. The molecule has 0 aromatic carbocycles. The summed E-state index contributed by atoms with van der Waals surface area (Å²) in [5, 5.41) is 18.0. The number of Topliss-reactive ketones (excluding diaryl/α,β-unsaturated/α-hetero) is 2. The van der Waals surface area contributed by atoms with Crippen molar-refractivity contribution in [3.05, 3.63) is 0 Å². The molecule has 0 aromatic rings. The van der Waals surface area contributed by atoms with Crippen LogP contribution >= 0.6 is 0 Å². The number of carbonyl (C=O) groups is 4. The van der Waals surface area contributed by atoms with Crippen molar-refractivity contribution in [2.45, 2.75) is 25.7 Å². The topological polar surface area (TPSA) is 109 Å². The Hall–Kier alpha value is -1.72. The molecule has 0 unspecified atom stereocenters. The maximum atomic E-state index is 11.7. The molecule has 0 aliphatic heterocycles. The summed E-state index contributed by atoms with van der Waals surface area (Å²) in [6.45, 7) is 0. The lowest BCUT2D eigenvalue weighted by Crippen LogP contribution is -2.60. The van der Waals surface area contributed by atoms with Gasteiger partial charge in [-0.2, -0.15) is 0 Å². The van der Waals surface area contributed by atoms with Crippen LogP contribution in [0.15, 0.2) is 0 Å². The highest BCUT2D eigenvalue weighted by Crippen LogP contribution is 2.53. The van der Waals surface area contributed by atoms with E-state index in [1.807, 2.05) is 0 Å². The van der Waals surface area contributed by atoms with Crippen molar-refractivity contribution in [1.82, 2.24) is 0 Å². The summed E-state index contributed by atoms with van der Waals surface area (Å²) in [5.41, 5.74) is -3.32. The lowest BCUT2D eigenvalue weighted by Gasteiger charge is -2.45. The summed E-state index contributed by atoms with van der Waals surface area (Å²) < 4.78 is 0. The van der Waals surface area contributed by atoms with E-state index < -0.39 is 47.2 Å². The molecule has 0 amide bonds. The molecule has 6 heteroatoms. The van der Waals surface area contributed by atoms with Crippen LogP contribution in [0.1, 0.15) is 25.7 Å². The van der Waals surface area contributed by atoms with E-state index in [9.17, 15) is 19.2 Å². The van der Waals surface area contributed by atoms with Gasteiger partial charge >= 0.3 is 11.9 Å². The first-order chi connectivity index (χ1) is 7.35. The Labute approximate surface area is 90.2 Å². The van der Waals surface area contributed by atoms with Gasteiger partial charge < -0.3 is 10.2 Å². The Balaban J connectivity index is 2.47. The highest BCUT2D eigenvalue weighted by atomic mass is 16.4. The number of carboxylic acid groups (broad SMARTS) is 2. The van der Waals surface area contributed by atoms with Crippen LogP contribution in [0.3, 0.4) is 0 Å². The van der Waals surface area contributed by atoms with Gasteiger partial charge in [0.1, 0.15) is 10.8 Å². The van der Waals surface area contributed by atoms with Gasteiger partial charge in [0.05, 0.1) is 0 Å². The van der Waals surface area contributed by atoms with Crippen molar-refractivity contribution >= 4 is 23.5 Å². The quantitative estimate of drug-likeness (QED) is 0.634. The van der Waals surface area contributed by atoms with Crippen LogP contribution < -0.4 is 0 Å². The number of hydrogen-bond acceptors (Lipinski definition) is 4. The Morgan fingerprint density at radius 3 is 1.38 bits per heavy atom. The third-order valence-electron chi connectivity index (χ3n) is 3.79. The zero-order chi connectivity index (χ0) is 12.1. The molecule has 0 spiro atoms. The molecule has 0 heterocycles.